The number of carbonyl (C=O) groups excluding carboxylic acids is 2. The normalized spacial score (nSPS) is 10.9. The molecule has 11 heteroatoms. The molecule has 35 heavy (non-hydrogen) atoms. The number of nitrogens with zero attached hydrogens (tertiary/aromatic N) is 3. The van der Waals surface area contributed by atoms with Crippen LogP contribution in [0.15, 0.2) is 40.3 Å². The minimum Gasteiger partial charge on any atom is -0.462 e. The van der Waals surface area contributed by atoms with Gasteiger partial charge in [-0.2, -0.15) is 14.9 Å². The zero-order valence-electron chi connectivity index (χ0n) is 18.5. The molecule has 0 bridgehead atoms. The first-order valence-electron chi connectivity index (χ1n) is 10.1. The number of hydrogen-bond donors (Lipinski definition) is 0. The van der Waals surface area contributed by atoms with Crippen LogP contribution < -0.4 is 0 Å². The van der Waals surface area contributed by atoms with Gasteiger partial charge in [-0.1, -0.05) is 0 Å². The van der Waals surface area contributed by atoms with Gasteiger partial charge in [-0.25, -0.2) is 4.79 Å². The molecule has 2 aromatic heterocycles. The van der Waals surface area contributed by atoms with Crippen molar-refractivity contribution in [3.05, 3.63) is 78.5 Å². The Labute approximate surface area is 202 Å². The summed E-state index contributed by atoms with van der Waals surface area (Å²) < 4.78 is 24.1. The number of benzene rings is 1. The molecule has 0 saturated carbocycles. The van der Waals surface area contributed by atoms with Crippen molar-refractivity contribution in [2.45, 2.75) is 20.3 Å². The lowest BCUT2D eigenvalue weighted by Crippen LogP contribution is -2.05. The summed E-state index contributed by atoms with van der Waals surface area (Å²) in [5, 5.41) is 29.9. The van der Waals surface area contributed by atoms with Gasteiger partial charge in [-0.05, 0) is 43.7 Å². The van der Waals surface area contributed by atoms with Gasteiger partial charge in [0, 0.05) is 29.0 Å². The molecule has 0 N–H and O–H groups in total. The number of nitro benzene ring substituents is 1. The average molecular weight is 493 g/mol. The molecule has 0 unspecified atom stereocenters. The van der Waals surface area contributed by atoms with E-state index in [-0.39, 0.29) is 46.1 Å². The van der Waals surface area contributed by atoms with E-state index in [9.17, 15) is 34.6 Å². The first-order valence-corrected chi connectivity index (χ1v) is 10.9. The van der Waals surface area contributed by atoms with Gasteiger partial charge in [0.25, 0.3) is 0 Å². The van der Waals surface area contributed by atoms with Crippen molar-refractivity contribution in [2.75, 3.05) is 6.61 Å². The van der Waals surface area contributed by atoms with Gasteiger partial charge in [-0.3, -0.25) is 14.9 Å². The number of ether oxygens (including phenoxy) is 1. The molecule has 3 aromatic rings. The maximum atomic E-state index is 13.6. The van der Waals surface area contributed by atoms with E-state index in [0.29, 0.717) is 10.4 Å². The summed E-state index contributed by atoms with van der Waals surface area (Å²) in [6.45, 7) is 3.39. The highest BCUT2D eigenvalue weighted by molar-refractivity contribution is 7.14. The van der Waals surface area contributed by atoms with Crippen LogP contribution in [-0.2, 0) is 16.0 Å². The zero-order valence-corrected chi connectivity index (χ0v) is 19.3. The van der Waals surface area contributed by atoms with Gasteiger partial charge in [0.2, 0.25) is 5.82 Å². The third-order valence-electron chi connectivity index (χ3n) is 4.88. The first-order chi connectivity index (χ1) is 16.7. The van der Waals surface area contributed by atoms with Gasteiger partial charge in [-0.15, -0.1) is 11.3 Å². The maximum absolute atomic E-state index is 13.6. The third kappa shape index (κ3) is 5.32. The second-order valence-corrected chi connectivity index (χ2v) is 8.19. The lowest BCUT2D eigenvalue weighted by Gasteiger charge is -1.99. The summed E-state index contributed by atoms with van der Waals surface area (Å²) in [5.41, 5.74) is -0.150. The Morgan fingerprint density at radius 2 is 2.03 bits per heavy atom. The fraction of sp³-hybridized carbons (Fsp3) is 0.167. The van der Waals surface area contributed by atoms with E-state index in [1.165, 1.54) is 24.3 Å². The van der Waals surface area contributed by atoms with E-state index in [2.05, 4.69) is 0 Å². The number of nitriles is 2. The molecule has 1 aromatic carbocycles. The predicted octanol–water partition coefficient (Wildman–Crippen LogP) is 5.13. The molecular formula is C24H16FN3O6S. The zero-order chi connectivity index (χ0) is 25.7. The highest BCUT2D eigenvalue weighted by atomic mass is 32.1. The van der Waals surface area contributed by atoms with Crippen LogP contribution in [0.5, 0.6) is 0 Å². The monoisotopic (exact) mass is 493 g/mol. The Hall–Kier alpha value is -4.61. The highest BCUT2D eigenvalue weighted by Gasteiger charge is 2.24. The van der Waals surface area contributed by atoms with Gasteiger partial charge in [0.1, 0.15) is 28.5 Å². The van der Waals surface area contributed by atoms with E-state index in [1.807, 2.05) is 6.07 Å². The molecule has 0 aliphatic rings. The summed E-state index contributed by atoms with van der Waals surface area (Å²) in [6, 6.07) is 9.95. The average Bonchev–Trinajstić information content (AvgIpc) is 3.41. The number of hydrogen-bond acceptors (Lipinski definition) is 9. The number of thiophene rings is 1. The molecule has 0 saturated heterocycles. The van der Waals surface area contributed by atoms with E-state index in [1.54, 1.807) is 19.9 Å². The van der Waals surface area contributed by atoms with Crippen molar-refractivity contribution in [3.8, 4) is 23.5 Å². The lowest BCUT2D eigenvalue weighted by molar-refractivity contribution is -0.387. The van der Waals surface area contributed by atoms with Crippen molar-refractivity contribution in [2.24, 2.45) is 0 Å². The van der Waals surface area contributed by atoms with Crippen LogP contribution in [0.4, 0.5) is 10.1 Å². The van der Waals surface area contributed by atoms with E-state index < -0.39 is 28.2 Å². The maximum Gasteiger partial charge on any atom is 0.348 e. The topological polar surface area (TPSA) is 147 Å². The van der Waals surface area contributed by atoms with Crippen molar-refractivity contribution >= 4 is 34.9 Å². The fourth-order valence-electron chi connectivity index (χ4n) is 3.19. The highest BCUT2D eigenvalue weighted by Crippen LogP contribution is 2.31. The standard InChI is InChI=1S/C24H16FN3O6S/c1-3-33-24(30)23-13(2)17(12-27)22(35-23)10-20(29)15(11-26)8-16-5-7-21(34-16)14-4-6-18(25)19(9-14)28(31)32/h4-9H,3,10H2,1-2H3/b15-8+. The summed E-state index contributed by atoms with van der Waals surface area (Å²) in [4.78, 5) is 35.6. The number of rotatable bonds is 8. The minimum atomic E-state index is -0.991. The van der Waals surface area contributed by atoms with Crippen molar-refractivity contribution in [1.29, 1.82) is 10.5 Å². The number of halogens is 1. The van der Waals surface area contributed by atoms with Crippen LogP contribution in [0.3, 0.4) is 0 Å². The van der Waals surface area contributed by atoms with Crippen LogP contribution in [0.2, 0.25) is 0 Å². The molecule has 0 spiro atoms. The number of nitro groups is 1. The molecular weight excluding hydrogens is 477 g/mol. The van der Waals surface area contributed by atoms with Crippen LogP contribution in [-0.4, -0.2) is 23.3 Å². The fourth-order valence-corrected chi connectivity index (χ4v) is 4.33. The van der Waals surface area contributed by atoms with E-state index >= 15 is 0 Å². The number of furan rings is 1. The molecule has 0 aliphatic carbocycles. The minimum absolute atomic E-state index is 0.118. The Balaban J connectivity index is 1.87. The summed E-state index contributed by atoms with van der Waals surface area (Å²) in [6.07, 6.45) is 0.910. The Morgan fingerprint density at radius 1 is 1.29 bits per heavy atom. The number of ketones is 1. The lowest BCUT2D eigenvalue weighted by atomic mass is 10.0. The van der Waals surface area contributed by atoms with Crippen molar-refractivity contribution in [1.82, 2.24) is 0 Å². The Bertz CT molecular complexity index is 1450. The predicted molar refractivity (Wildman–Crippen MR) is 123 cm³/mol. The van der Waals surface area contributed by atoms with Crippen LogP contribution >= 0.6 is 11.3 Å². The first kappa shape index (κ1) is 25.0. The van der Waals surface area contributed by atoms with Gasteiger partial charge < -0.3 is 9.15 Å². The molecule has 0 fully saturated rings. The summed E-state index contributed by atoms with van der Waals surface area (Å²) in [7, 11) is 0. The quantitative estimate of drug-likeness (QED) is 0.138. The SMILES string of the molecule is CCOC(=O)c1sc(CC(=O)/C(C#N)=C/c2ccc(-c3ccc(F)c([N+](=O)[O-])c3)o2)c(C#N)c1C. The van der Waals surface area contributed by atoms with E-state index in [0.717, 1.165) is 23.5 Å². The molecule has 9 nitrogen and oxygen atoms in total. The number of esters is 1. The second-order valence-electron chi connectivity index (χ2n) is 7.08. The van der Waals surface area contributed by atoms with Crippen molar-refractivity contribution < 1.29 is 28.1 Å². The molecule has 2 heterocycles. The largest absolute Gasteiger partial charge is 0.462 e. The van der Waals surface area contributed by atoms with Crippen LogP contribution in [0.25, 0.3) is 17.4 Å². The Kier molecular flexibility index (Phi) is 7.54. The Morgan fingerprint density at radius 3 is 2.66 bits per heavy atom. The third-order valence-corrected chi connectivity index (χ3v) is 6.15. The molecule has 176 valence electrons. The molecule has 0 amide bonds. The van der Waals surface area contributed by atoms with E-state index in [4.69, 9.17) is 9.15 Å². The number of allylic oxidation sites excluding steroid dienone is 1. The van der Waals surface area contributed by atoms with Gasteiger partial charge in [0.15, 0.2) is 5.78 Å². The summed E-state index contributed by atoms with van der Waals surface area (Å²) >= 11 is 0.964. The molecule has 0 atom stereocenters. The number of carbonyl (C=O) groups is 2. The van der Waals surface area contributed by atoms with Gasteiger partial charge in [0.05, 0.1) is 22.7 Å². The molecule has 0 radical (unpaired) electrons. The second kappa shape index (κ2) is 10.5. The molecule has 0 aliphatic heterocycles. The molecule has 3 rings (SSSR count). The number of Topliss-reactive ketones (excluding diaryl/α,β-unsaturated/α-hetero) is 1. The van der Waals surface area contributed by atoms with Crippen LogP contribution in [0, 0.1) is 45.5 Å². The van der Waals surface area contributed by atoms with Crippen molar-refractivity contribution in [3.63, 3.8) is 0 Å². The van der Waals surface area contributed by atoms with Gasteiger partial charge >= 0.3 is 11.7 Å². The van der Waals surface area contributed by atoms with Crippen LogP contribution in [0.1, 0.15) is 38.4 Å². The smallest absolute Gasteiger partial charge is 0.348 e. The summed E-state index contributed by atoms with van der Waals surface area (Å²) in [5.74, 6) is -1.90.